The SMILES string of the molecule is C.CC(=O)NCCCOC(C)=O.CC(=O)O.CC1=NCCCO1. The molecule has 1 amide bonds. The van der Waals surface area contributed by atoms with Crippen molar-refractivity contribution < 1.29 is 29.0 Å². The molecule has 8 heteroatoms. The summed E-state index contributed by atoms with van der Waals surface area (Å²) in [4.78, 5) is 33.6. The zero-order valence-corrected chi connectivity index (χ0v) is 13.7. The Bertz CT molecular complexity index is 349. The monoisotopic (exact) mass is 334 g/mol. The van der Waals surface area contributed by atoms with Gasteiger partial charge in [0.25, 0.3) is 5.97 Å². The fraction of sp³-hybridized carbons (Fsp3) is 0.733. The third kappa shape index (κ3) is 33.0. The summed E-state index contributed by atoms with van der Waals surface area (Å²) in [6.07, 6.45) is 1.75. The lowest BCUT2D eigenvalue weighted by atomic mass is 10.4. The van der Waals surface area contributed by atoms with Crippen molar-refractivity contribution >= 4 is 23.7 Å². The number of ether oxygens (including phenoxy) is 2. The van der Waals surface area contributed by atoms with E-state index in [0.717, 1.165) is 32.4 Å². The Labute approximate surface area is 138 Å². The van der Waals surface area contributed by atoms with Crippen molar-refractivity contribution in [2.75, 3.05) is 26.3 Å². The molecule has 0 bridgehead atoms. The highest BCUT2D eigenvalue weighted by atomic mass is 16.5. The number of carboxylic acids is 1. The van der Waals surface area contributed by atoms with E-state index < -0.39 is 5.97 Å². The van der Waals surface area contributed by atoms with E-state index in [1.54, 1.807) is 0 Å². The Morgan fingerprint density at radius 1 is 1.30 bits per heavy atom. The normalized spacial score (nSPS) is 11.6. The van der Waals surface area contributed by atoms with Crippen LogP contribution in [0.2, 0.25) is 0 Å². The number of carbonyl (C=O) groups excluding carboxylic acids is 2. The summed E-state index contributed by atoms with van der Waals surface area (Å²) in [5.41, 5.74) is 0. The van der Waals surface area contributed by atoms with Crippen molar-refractivity contribution in [3.05, 3.63) is 0 Å². The quantitative estimate of drug-likeness (QED) is 0.596. The van der Waals surface area contributed by atoms with E-state index >= 15 is 0 Å². The molecule has 136 valence electrons. The maximum atomic E-state index is 10.3. The molecule has 1 rings (SSSR count). The van der Waals surface area contributed by atoms with Gasteiger partial charge in [-0.15, -0.1) is 0 Å². The Balaban J connectivity index is -0.000000286. The van der Waals surface area contributed by atoms with Crippen LogP contribution in [0.15, 0.2) is 4.99 Å². The first kappa shape index (κ1) is 25.8. The van der Waals surface area contributed by atoms with Crippen LogP contribution in [0.3, 0.4) is 0 Å². The van der Waals surface area contributed by atoms with Crippen molar-refractivity contribution in [1.29, 1.82) is 0 Å². The average Bonchev–Trinajstić information content (AvgIpc) is 2.38. The second-order valence-corrected chi connectivity index (χ2v) is 4.30. The molecule has 0 saturated heterocycles. The lowest BCUT2D eigenvalue weighted by Crippen LogP contribution is -2.22. The highest BCUT2D eigenvalue weighted by Crippen LogP contribution is 1.93. The molecule has 0 saturated carbocycles. The Hall–Kier alpha value is -2.12. The number of hydrogen-bond acceptors (Lipinski definition) is 6. The summed E-state index contributed by atoms with van der Waals surface area (Å²) >= 11 is 0. The van der Waals surface area contributed by atoms with Crippen molar-refractivity contribution in [3.63, 3.8) is 0 Å². The third-order valence-electron chi connectivity index (χ3n) is 1.95. The zero-order chi connectivity index (χ0) is 17.4. The van der Waals surface area contributed by atoms with E-state index in [-0.39, 0.29) is 19.3 Å². The van der Waals surface area contributed by atoms with Crippen molar-refractivity contribution in [3.8, 4) is 0 Å². The topological polar surface area (TPSA) is 114 Å². The van der Waals surface area contributed by atoms with Gasteiger partial charge in [-0.3, -0.25) is 19.4 Å². The van der Waals surface area contributed by atoms with E-state index in [0.29, 0.717) is 19.6 Å². The summed E-state index contributed by atoms with van der Waals surface area (Å²) in [6.45, 7) is 8.52. The fourth-order valence-electron chi connectivity index (χ4n) is 1.12. The minimum Gasteiger partial charge on any atom is -0.481 e. The summed E-state index contributed by atoms with van der Waals surface area (Å²) < 4.78 is 9.66. The second kappa shape index (κ2) is 17.9. The summed E-state index contributed by atoms with van der Waals surface area (Å²) in [5, 5.41) is 10.0. The molecule has 0 aliphatic carbocycles. The maximum absolute atomic E-state index is 10.3. The van der Waals surface area contributed by atoms with Crippen molar-refractivity contribution in [2.24, 2.45) is 4.99 Å². The highest BCUT2D eigenvalue weighted by molar-refractivity contribution is 5.73. The molecule has 0 fully saturated rings. The van der Waals surface area contributed by atoms with E-state index in [4.69, 9.17) is 14.6 Å². The molecule has 0 spiro atoms. The smallest absolute Gasteiger partial charge is 0.302 e. The zero-order valence-electron chi connectivity index (χ0n) is 13.7. The van der Waals surface area contributed by atoms with Crippen LogP contribution < -0.4 is 5.32 Å². The predicted molar refractivity (Wildman–Crippen MR) is 88.5 cm³/mol. The standard InChI is InChI=1S/C7H13NO3.C5H9NO.C2H4O2.CH4/c1-6(9)8-4-3-5-11-7(2)10;1-5-6-3-2-4-7-5;1-2(3)4;/h3-5H2,1-2H3,(H,8,9);2-4H2,1H3;1H3,(H,3,4);1H4. The first-order chi connectivity index (χ1) is 10.3. The third-order valence-corrected chi connectivity index (χ3v) is 1.95. The van der Waals surface area contributed by atoms with Crippen LogP contribution in [0.4, 0.5) is 0 Å². The number of carboxylic acid groups (broad SMARTS) is 1. The van der Waals surface area contributed by atoms with Gasteiger partial charge in [-0.2, -0.15) is 0 Å². The minimum absolute atomic E-state index is 0. The highest BCUT2D eigenvalue weighted by Gasteiger charge is 1.96. The summed E-state index contributed by atoms with van der Waals surface area (Å²) in [5.74, 6) is -0.341. The largest absolute Gasteiger partial charge is 0.481 e. The van der Waals surface area contributed by atoms with Crippen LogP contribution in [0.25, 0.3) is 0 Å². The number of carbonyl (C=O) groups is 3. The number of nitrogens with zero attached hydrogens (tertiary/aromatic N) is 1. The van der Waals surface area contributed by atoms with E-state index in [2.05, 4.69) is 15.0 Å². The first-order valence-corrected chi connectivity index (χ1v) is 6.96. The van der Waals surface area contributed by atoms with Gasteiger partial charge in [-0.25, -0.2) is 0 Å². The lowest BCUT2D eigenvalue weighted by Gasteiger charge is -2.08. The molecule has 0 unspecified atom stereocenters. The Morgan fingerprint density at radius 3 is 2.17 bits per heavy atom. The molecule has 1 heterocycles. The maximum Gasteiger partial charge on any atom is 0.302 e. The number of nitrogens with one attached hydrogen (secondary N) is 1. The van der Waals surface area contributed by atoms with Gasteiger partial charge >= 0.3 is 5.97 Å². The number of amides is 1. The molecule has 0 aromatic heterocycles. The van der Waals surface area contributed by atoms with Crippen LogP contribution in [0.5, 0.6) is 0 Å². The summed E-state index contributed by atoms with van der Waals surface area (Å²) in [7, 11) is 0. The molecular formula is C15H30N2O6. The van der Waals surface area contributed by atoms with Crippen molar-refractivity contribution in [2.45, 2.75) is 48.0 Å². The molecule has 0 aromatic carbocycles. The molecule has 0 aromatic rings. The van der Waals surface area contributed by atoms with Crippen molar-refractivity contribution in [1.82, 2.24) is 5.32 Å². The Morgan fingerprint density at radius 2 is 1.87 bits per heavy atom. The fourth-order valence-corrected chi connectivity index (χ4v) is 1.12. The Kier molecular flexibility index (Phi) is 20.1. The number of aliphatic carboxylic acids is 1. The van der Waals surface area contributed by atoms with Gasteiger partial charge in [-0.05, 0) is 6.42 Å². The van der Waals surface area contributed by atoms with Gasteiger partial charge < -0.3 is 19.9 Å². The first-order valence-electron chi connectivity index (χ1n) is 6.96. The van der Waals surface area contributed by atoms with Crippen LogP contribution >= 0.6 is 0 Å². The molecule has 1 aliphatic rings. The van der Waals surface area contributed by atoms with Crippen LogP contribution in [-0.4, -0.2) is 55.2 Å². The van der Waals surface area contributed by atoms with Gasteiger partial charge in [-0.1, -0.05) is 7.43 Å². The van der Waals surface area contributed by atoms with Gasteiger partial charge in [0.2, 0.25) is 5.91 Å². The lowest BCUT2D eigenvalue weighted by molar-refractivity contribution is -0.141. The average molecular weight is 334 g/mol. The van der Waals surface area contributed by atoms with Crippen LogP contribution in [0, 0.1) is 0 Å². The van der Waals surface area contributed by atoms with E-state index in [9.17, 15) is 9.59 Å². The van der Waals surface area contributed by atoms with Crippen LogP contribution in [-0.2, 0) is 23.9 Å². The number of aliphatic imine (C=N–C) groups is 1. The van der Waals surface area contributed by atoms with Gasteiger partial charge in [0.15, 0.2) is 5.90 Å². The van der Waals surface area contributed by atoms with E-state index in [1.807, 2.05) is 6.92 Å². The second-order valence-electron chi connectivity index (χ2n) is 4.30. The van der Waals surface area contributed by atoms with Gasteiger partial charge in [0.05, 0.1) is 13.2 Å². The molecule has 0 atom stereocenters. The minimum atomic E-state index is -0.833. The number of esters is 1. The van der Waals surface area contributed by atoms with E-state index in [1.165, 1.54) is 13.8 Å². The molecule has 8 nitrogen and oxygen atoms in total. The molecule has 0 radical (unpaired) electrons. The number of hydrogen-bond donors (Lipinski definition) is 2. The van der Waals surface area contributed by atoms with Gasteiger partial charge in [0.1, 0.15) is 0 Å². The molecular weight excluding hydrogens is 304 g/mol. The van der Waals surface area contributed by atoms with Crippen LogP contribution in [0.1, 0.15) is 48.0 Å². The van der Waals surface area contributed by atoms with Gasteiger partial charge in [0, 0.05) is 47.2 Å². The number of rotatable bonds is 4. The molecule has 1 aliphatic heterocycles. The molecule has 23 heavy (non-hydrogen) atoms. The summed E-state index contributed by atoms with van der Waals surface area (Å²) in [6, 6.07) is 0. The molecule has 2 N–H and O–H groups in total. The predicted octanol–water partition coefficient (Wildman–Crippen LogP) is 1.63.